The van der Waals surface area contributed by atoms with Crippen molar-refractivity contribution in [1.82, 2.24) is 15.8 Å². The molecule has 2 fully saturated rings. The van der Waals surface area contributed by atoms with Gasteiger partial charge in [0.05, 0.1) is 12.1 Å². The SMILES string of the molecule is CNN1C(=O)NC2CSC(CCCCC(=O)O)C21. The predicted molar refractivity (Wildman–Crippen MR) is 69.4 cm³/mol. The maximum atomic E-state index is 11.6. The van der Waals surface area contributed by atoms with Crippen molar-refractivity contribution >= 4 is 23.8 Å². The van der Waals surface area contributed by atoms with E-state index in [1.165, 1.54) is 0 Å². The molecule has 102 valence electrons. The smallest absolute Gasteiger partial charge is 0.332 e. The minimum Gasteiger partial charge on any atom is -0.481 e. The molecule has 18 heavy (non-hydrogen) atoms. The molecule has 0 saturated carbocycles. The van der Waals surface area contributed by atoms with Crippen molar-refractivity contribution in [2.45, 2.75) is 43.0 Å². The van der Waals surface area contributed by atoms with Crippen LogP contribution in [0, 0.1) is 0 Å². The number of hydrogen-bond donors (Lipinski definition) is 3. The molecular weight excluding hydrogens is 254 g/mol. The van der Waals surface area contributed by atoms with Gasteiger partial charge in [-0.3, -0.25) is 9.80 Å². The predicted octanol–water partition coefficient (Wildman–Crippen LogP) is 0.644. The van der Waals surface area contributed by atoms with Gasteiger partial charge in [-0.1, -0.05) is 6.42 Å². The molecule has 0 aromatic heterocycles. The summed E-state index contributed by atoms with van der Waals surface area (Å²) < 4.78 is 0. The third-order valence-electron chi connectivity index (χ3n) is 3.48. The highest BCUT2D eigenvalue weighted by molar-refractivity contribution is 8.00. The molecule has 2 amide bonds. The second kappa shape index (κ2) is 5.79. The minimum atomic E-state index is -0.735. The Morgan fingerprint density at radius 3 is 3.06 bits per heavy atom. The van der Waals surface area contributed by atoms with Gasteiger partial charge in [0.25, 0.3) is 0 Å². The third kappa shape index (κ3) is 2.72. The van der Waals surface area contributed by atoms with E-state index in [9.17, 15) is 9.59 Å². The Labute approximate surface area is 110 Å². The van der Waals surface area contributed by atoms with Crippen molar-refractivity contribution in [2.75, 3.05) is 12.8 Å². The van der Waals surface area contributed by atoms with Gasteiger partial charge in [0, 0.05) is 24.5 Å². The maximum Gasteiger partial charge on any atom is 0.332 e. The maximum absolute atomic E-state index is 11.6. The molecule has 2 aliphatic heterocycles. The zero-order chi connectivity index (χ0) is 13.1. The number of hydrazine groups is 1. The first kappa shape index (κ1) is 13.5. The summed E-state index contributed by atoms with van der Waals surface area (Å²) in [6.45, 7) is 0. The van der Waals surface area contributed by atoms with Gasteiger partial charge in [-0.2, -0.15) is 11.8 Å². The first-order chi connectivity index (χ1) is 8.63. The van der Waals surface area contributed by atoms with Gasteiger partial charge in [-0.05, 0) is 12.8 Å². The Morgan fingerprint density at radius 2 is 2.39 bits per heavy atom. The number of thioether (sulfide) groups is 1. The highest BCUT2D eigenvalue weighted by atomic mass is 32.2. The van der Waals surface area contributed by atoms with Crippen LogP contribution in [0.25, 0.3) is 0 Å². The van der Waals surface area contributed by atoms with Gasteiger partial charge in [-0.15, -0.1) is 0 Å². The van der Waals surface area contributed by atoms with E-state index in [0.717, 1.165) is 18.6 Å². The number of aliphatic carboxylic acids is 1. The number of urea groups is 1. The molecule has 2 aliphatic rings. The van der Waals surface area contributed by atoms with Crippen LogP contribution < -0.4 is 10.7 Å². The third-order valence-corrected chi connectivity index (χ3v) is 4.97. The molecule has 0 spiro atoms. The topological polar surface area (TPSA) is 81.7 Å². The average molecular weight is 273 g/mol. The molecule has 0 bridgehead atoms. The summed E-state index contributed by atoms with van der Waals surface area (Å²) in [6.07, 6.45) is 2.81. The van der Waals surface area contributed by atoms with E-state index < -0.39 is 5.97 Å². The van der Waals surface area contributed by atoms with E-state index in [-0.39, 0.29) is 24.5 Å². The minimum absolute atomic E-state index is 0.0525. The Kier molecular flexibility index (Phi) is 4.34. The molecule has 2 rings (SSSR count). The molecule has 2 heterocycles. The van der Waals surface area contributed by atoms with E-state index >= 15 is 0 Å². The summed E-state index contributed by atoms with van der Waals surface area (Å²) in [7, 11) is 1.76. The average Bonchev–Trinajstić information content (AvgIpc) is 2.82. The Bertz CT molecular complexity index is 339. The molecule has 2 saturated heterocycles. The normalized spacial score (nSPS) is 30.4. The summed E-state index contributed by atoms with van der Waals surface area (Å²) in [4.78, 5) is 22.1. The molecule has 0 aromatic carbocycles. The van der Waals surface area contributed by atoms with Gasteiger partial charge < -0.3 is 10.4 Å². The molecular formula is C11H19N3O3S. The number of amides is 2. The van der Waals surface area contributed by atoms with Crippen molar-refractivity contribution in [3.05, 3.63) is 0 Å². The number of carbonyl (C=O) groups excluding carboxylic acids is 1. The lowest BCUT2D eigenvalue weighted by atomic mass is 10.0. The molecule has 6 nitrogen and oxygen atoms in total. The van der Waals surface area contributed by atoms with E-state index in [0.29, 0.717) is 11.7 Å². The van der Waals surface area contributed by atoms with Crippen LogP contribution in [0.2, 0.25) is 0 Å². The zero-order valence-electron chi connectivity index (χ0n) is 10.4. The van der Waals surface area contributed by atoms with Gasteiger partial charge in [0.2, 0.25) is 0 Å². The summed E-state index contributed by atoms with van der Waals surface area (Å²) in [6, 6.07) is 0.361. The van der Waals surface area contributed by atoms with Crippen LogP contribution in [0.15, 0.2) is 0 Å². The highest BCUT2D eigenvalue weighted by Crippen LogP contribution is 2.36. The monoisotopic (exact) mass is 273 g/mol. The van der Waals surface area contributed by atoms with Crippen LogP contribution in [-0.2, 0) is 4.79 Å². The number of unbranched alkanes of at least 4 members (excludes halogenated alkanes) is 1. The van der Waals surface area contributed by atoms with E-state index in [4.69, 9.17) is 5.11 Å². The lowest BCUT2D eigenvalue weighted by Gasteiger charge is -2.26. The van der Waals surface area contributed by atoms with Crippen molar-refractivity contribution in [2.24, 2.45) is 0 Å². The standard InChI is InChI=1S/C11H19N3O3S/c1-12-14-10-7(13-11(14)17)6-18-8(10)4-2-3-5-9(15)16/h7-8,10,12H,2-6H2,1H3,(H,13,17)(H,15,16). The number of hydrogen-bond acceptors (Lipinski definition) is 4. The number of carboxylic acids is 1. The van der Waals surface area contributed by atoms with Gasteiger partial charge in [-0.25, -0.2) is 10.2 Å². The molecule has 0 aromatic rings. The fraction of sp³-hybridized carbons (Fsp3) is 0.818. The first-order valence-corrected chi connectivity index (χ1v) is 7.29. The molecule has 7 heteroatoms. The Balaban J connectivity index is 1.83. The van der Waals surface area contributed by atoms with Crippen molar-refractivity contribution in [3.8, 4) is 0 Å². The zero-order valence-corrected chi connectivity index (χ0v) is 11.2. The van der Waals surface area contributed by atoms with Crippen LogP contribution in [0.1, 0.15) is 25.7 Å². The number of nitrogens with one attached hydrogen (secondary N) is 2. The first-order valence-electron chi connectivity index (χ1n) is 6.24. The van der Waals surface area contributed by atoms with E-state index in [2.05, 4.69) is 10.7 Å². The van der Waals surface area contributed by atoms with Crippen LogP contribution in [0.4, 0.5) is 4.79 Å². The van der Waals surface area contributed by atoms with Crippen molar-refractivity contribution < 1.29 is 14.7 Å². The van der Waals surface area contributed by atoms with Crippen molar-refractivity contribution in [3.63, 3.8) is 0 Å². The van der Waals surface area contributed by atoms with E-state index in [1.54, 1.807) is 12.1 Å². The number of fused-ring (bicyclic) bond motifs is 1. The van der Waals surface area contributed by atoms with Crippen LogP contribution in [0.3, 0.4) is 0 Å². The van der Waals surface area contributed by atoms with E-state index in [1.807, 2.05) is 11.8 Å². The second-order valence-electron chi connectivity index (χ2n) is 4.65. The van der Waals surface area contributed by atoms with Gasteiger partial charge >= 0.3 is 12.0 Å². The molecule has 3 atom stereocenters. The molecule has 3 unspecified atom stereocenters. The summed E-state index contributed by atoms with van der Waals surface area (Å²) >= 11 is 1.87. The van der Waals surface area contributed by atoms with Crippen LogP contribution >= 0.6 is 11.8 Å². The van der Waals surface area contributed by atoms with Crippen molar-refractivity contribution in [1.29, 1.82) is 0 Å². The quantitative estimate of drug-likeness (QED) is 0.489. The number of carbonyl (C=O) groups is 2. The molecule has 0 aliphatic carbocycles. The number of carboxylic acid groups (broad SMARTS) is 1. The fourth-order valence-corrected chi connectivity index (χ4v) is 4.22. The highest BCUT2D eigenvalue weighted by Gasteiger charge is 2.47. The lowest BCUT2D eigenvalue weighted by Crippen LogP contribution is -2.47. The lowest BCUT2D eigenvalue weighted by molar-refractivity contribution is -0.137. The second-order valence-corrected chi connectivity index (χ2v) is 5.92. The summed E-state index contributed by atoms with van der Waals surface area (Å²) in [5.41, 5.74) is 2.94. The van der Waals surface area contributed by atoms with Gasteiger partial charge in [0.15, 0.2) is 0 Å². The molecule has 0 radical (unpaired) electrons. The van der Waals surface area contributed by atoms with Gasteiger partial charge in [0.1, 0.15) is 0 Å². The summed E-state index contributed by atoms with van der Waals surface area (Å²) in [5.74, 6) is 0.208. The summed E-state index contributed by atoms with van der Waals surface area (Å²) in [5, 5.41) is 13.6. The largest absolute Gasteiger partial charge is 0.481 e. The Morgan fingerprint density at radius 1 is 1.61 bits per heavy atom. The van der Waals surface area contributed by atoms with Crippen LogP contribution in [-0.4, -0.2) is 52.3 Å². The number of rotatable bonds is 6. The Hall–Kier alpha value is -0.950. The fourth-order valence-electron chi connectivity index (χ4n) is 2.65. The van der Waals surface area contributed by atoms with Crippen LogP contribution in [0.5, 0.6) is 0 Å². The number of nitrogens with zero attached hydrogens (tertiary/aromatic N) is 1. The molecule has 3 N–H and O–H groups in total.